The minimum atomic E-state index is -4.32. The fourth-order valence-electron chi connectivity index (χ4n) is 2.11. The molecule has 1 aliphatic rings. The Morgan fingerprint density at radius 3 is 2.50 bits per heavy atom. The molecule has 1 heterocycles. The maximum atomic E-state index is 12.7. The lowest BCUT2D eigenvalue weighted by Gasteiger charge is -2.18. The van der Waals surface area contributed by atoms with Gasteiger partial charge in [-0.2, -0.15) is 13.2 Å². The van der Waals surface area contributed by atoms with Crippen molar-refractivity contribution in [3.8, 4) is 5.75 Å². The summed E-state index contributed by atoms with van der Waals surface area (Å²) in [5, 5.41) is 0. The summed E-state index contributed by atoms with van der Waals surface area (Å²) in [5.41, 5.74) is 0.521. The summed E-state index contributed by atoms with van der Waals surface area (Å²) in [4.78, 5) is 0. The van der Waals surface area contributed by atoms with Crippen LogP contribution in [0, 0.1) is 5.41 Å². The molecule has 18 heavy (non-hydrogen) atoms. The molecule has 0 fully saturated rings. The highest BCUT2D eigenvalue weighted by molar-refractivity contribution is 5.71. The van der Waals surface area contributed by atoms with E-state index in [9.17, 15) is 13.2 Å². The van der Waals surface area contributed by atoms with Crippen LogP contribution < -0.4 is 4.74 Å². The number of halogens is 3. The van der Waals surface area contributed by atoms with Gasteiger partial charge < -0.3 is 4.74 Å². The van der Waals surface area contributed by atoms with Crippen molar-refractivity contribution < 1.29 is 17.9 Å². The number of fused-ring (bicyclic) bond motifs is 1. The van der Waals surface area contributed by atoms with E-state index in [0.29, 0.717) is 17.9 Å². The van der Waals surface area contributed by atoms with Crippen LogP contribution in [0.15, 0.2) is 24.3 Å². The van der Waals surface area contributed by atoms with Crippen LogP contribution in [0.2, 0.25) is 0 Å². The van der Waals surface area contributed by atoms with Gasteiger partial charge in [-0.05, 0) is 30.7 Å². The summed E-state index contributed by atoms with van der Waals surface area (Å²) in [6, 6.07) is 3.61. The van der Waals surface area contributed by atoms with Gasteiger partial charge in [0.15, 0.2) is 0 Å². The highest BCUT2D eigenvalue weighted by Crippen LogP contribution is 2.38. The predicted octanol–water partition coefficient (Wildman–Crippen LogP) is 4.53. The van der Waals surface area contributed by atoms with Crippen LogP contribution in [0.5, 0.6) is 5.75 Å². The van der Waals surface area contributed by atoms with Crippen molar-refractivity contribution in [3.05, 3.63) is 35.4 Å². The van der Waals surface area contributed by atoms with Gasteiger partial charge in [-0.25, -0.2) is 0 Å². The van der Waals surface area contributed by atoms with Crippen molar-refractivity contribution in [1.29, 1.82) is 0 Å². The molecule has 0 atom stereocenters. The summed E-state index contributed by atoms with van der Waals surface area (Å²) in [5.74, 6) is 0.516. The molecule has 0 radical (unpaired) electrons. The number of rotatable bonds is 0. The molecule has 0 spiro atoms. The highest BCUT2D eigenvalue weighted by Gasteiger charge is 2.32. The van der Waals surface area contributed by atoms with Gasteiger partial charge in [-0.15, -0.1) is 0 Å². The minimum Gasteiger partial charge on any atom is -0.492 e. The van der Waals surface area contributed by atoms with E-state index in [2.05, 4.69) is 0 Å². The van der Waals surface area contributed by atoms with Crippen LogP contribution in [0.25, 0.3) is 5.57 Å². The van der Waals surface area contributed by atoms with Gasteiger partial charge >= 0.3 is 6.18 Å². The van der Waals surface area contributed by atoms with Crippen molar-refractivity contribution in [2.45, 2.75) is 26.9 Å². The molecule has 0 saturated carbocycles. The molecule has 0 amide bonds. The first kappa shape index (κ1) is 13.0. The molecule has 0 aromatic heterocycles. The fourth-order valence-corrected chi connectivity index (χ4v) is 2.11. The predicted molar refractivity (Wildman–Crippen MR) is 64.4 cm³/mol. The maximum Gasteiger partial charge on any atom is 0.416 e. The number of hydrogen-bond acceptors (Lipinski definition) is 1. The van der Waals surface area contributed by atoms with Gasteiger partial charge in [-0.1, -0.05) is 19.9 Å². The number of benzene rings is 1. The zero-order valence-corrected chi connectivity index (χ0v) is 10.6. The largest absolute Gasteiger partial charge is 0.492 e. The Morgan fingerprint density at radius 1 is 1.22 bits per heavy atom. The van der Waals surface area contributed by atoms with Gasteiger partial charge in [0, 0.05) is 11.0 Å². The SMILES string of the molecule is CC1=CC(C)(C)COc2ccc(C(F)(F)F)cc21. The Hall–Kier alpha value is -1.45. The van der Waals surface area contributed by atoms with Crippen LogP contribution in [-0.2, 0) is 6.18 Å². The molecule has 1 nitrogen and oxygen atoms in total. The molecule has 0 bridgehead atoms. The molecule has 2 rings (SSSR count). The monoisotopic (exact) mass is 256 g/mol. The molecule has 0 aliphatic carbocycles. The Morgan fingerprint density at radius 2 is 1.89 bits per heavy atom. The Kier molecular flexibility index (Phi) is 2.92. The Bertz CT molecular complexity index is 498. The standard InChI is InChI=1S/C14H15F3O/c1-9-7-13(2,3)8-18-12-5-4-10(6-11(9)12)14(15,16)17/h4-7H,8H2,1-3H3. The number of hydrogen-bond donors (Lipinski definition) is 0. The van der Waals surface area contributed by atoms with E-state index in [-0.39, 0.29) is 5.41 Å². The van der Waals surface area contributed by atoms with Crippen molar-refractivity contribution in [2.24, 2.45) is 5.41 Å². The minimum absolute atomic E-state index is 0.179. The van der Waals surface area contributed by atoms with E-state index in [0.717, 1.165) is 17.7 Å². The molecule has 0 unspecified atom stereocenters. The van der Waals surface area contributed by atoms with Gasteiger partial charge in [-0.3, -0.25) is 0 Å². The first-order chi connectivity index (χ1) is 8.19. The second-order valence-electron chi connectivity index (χ2n) is 5.31. The van der Waals surface area contributed by atoms with Crippen LogP contribution in [0.3, 0.4) is 0 Å². The van der Waals surface area contributed by atoms with Crippen molar-refractivity contribution in [1.82, 2.24) is 0 Å². The second-order valence-corrected chi connectivity index (χ2v) is 5.31. The molecule has 1 aromatic carbocycles. The van der Waals surface area contributed by atoms with Crippen LogP contribution in [0.4, 0.5) is 13.2 Å². The smallest absolute Gasteiger partial charge is 0.416 e. The summed E-state index contributed by atoms with van der Waals surface area (Å²) < 4.78 is 43.6. The quantitative estimate of drug-likeness (QED) is 0.662. The molecular formula is C14H15F3O. The molecule has 98 valence electrons. The third-order valence-corrected chi connectivity index (χ3v) is 2.94. The molecule has 0 saturated heterocycles. The summed E-state index contributed by atoms with van der Waals surface area (Å²) in [6.07, 6.45) is -2.36. The van der Waals surface area contributed by atoms with Crippen LogP contribution in [0.1, 0.15) is 31.9 Å². The van der Waals surface area contributed by atoms with E-state index in [1.54, 1.807) is 0 Å². The number of allylic oxidation sites excluding steroid dienone is 1. The van der Waals surface area contributed by atoms with E-state index in [4.69, 9.17) is 4.74 Å². The van der Waals surface area contributed by atoms with Gasteiger partial charge in [0.1, 0.15) is 5.75 Å². The topological polar surface area (TPSA) is 9.23 Å². The first-order valence-corrected chi connectivity index (χ1v) is 5.73. The highest BCUT2D eigenvalue weighted by atomic mass is 19.4. The van der Waals surface area contributed by atoms with Gasteiger partial charge in [0.2, 0.25) is 0 Å². The zero-order valence-electron chi connectivity index (χ0n) is 10.6. The van der Waals surface area contributed by atoms with E-state index in [1.165, 1.54) is 6.07 Å². The van der Waals surface area contributed by atoms with Gasteiger partial charge in [0.25, 0.3) is 0 Å². The van der Waals surface area contributed by atoms with E-state index >= 15 is 0 Å². The van der Waals surface area contributed by atoms with E-state index in [1.807, 2.05) is 26.8 Å². The van der Waals surface area contributed by atoms with Crippen molar-refractivity contribution in [2.75, 3.05) is 6.61 Å². The Labute approximate surface area is 104 Å². The third-order valence-electron chi connectivity index (χ3n) is 2.94. The first-order valence-electron chi connectivity index (χ1n) is 5.73. The number of alkyl halides is 3. The zero-order chi connectivity index (χ0) is 13.6. The number of ether oxygens (including phenoxy) is 1. The lowest BCUT2D eigenvalue weighted by molar-refractivity contribution is -0.137. The molecule has 1 aliphatic heterocycles. The summed E-state index contributed by atoms with van der Waals surface area (Å²) >= 11 is 0. The van der Waals surface area contributed by atoms with Crippen LogP contribution in [-0.4, -0.2) is 6.61 Å². The molecule has 0 N–H and O–H groups in total. The third kappa shape index (κ3) is 2.52. The average molecular weight is 256 g/mol. The Balaban J connectivity index is 2.53. The molecule has 4 heteroatoms. The second kappa shape index (κ2) is 4.04. The molecular weight excluding hydrogens is 241 g/mol. The van der Waals surface area contributed by atoms with Crippen molar-refractivity contribution in [3.63, 3.8) is 0 Å². The lowest BCUT2D eigenvalue weighted by Crippen LogP contribution is -2.17. The average Bonchev–Trinajstić information content (AvgIpc) is 2.34. The summed E-state index contributed by atoms with van der Waals surface area (Å²) in [6.45, 7) is 6.26. The fraction of sp³-hybridized carbons (Fsp3) is 0.429. The van der Waals surface area contributed by atoms with E-state index < -0.39 is 11.7 Å². The van der Waals surface area contributed by atoms with Gasteiger partial charge in [0.05, 0.1) is 12.2 Å². The van der Waals surface area contributed by atoms with Crippen molar-refractivity contribution >= 4 is 5.57 Å². The summed E-state index contributed by atoms with van der Waals surface area (Å²) in [7, 11) is 0. The molecule has 1 aromatic rings. The maximum absolute atomic E-state index is 12.7. The van der Waals surface area contributed by atoms with Crippen LogP contribution >= 0.6 is 0 Å². The normalized spacial score (nSPS) is 18.4. The lowest BCUT2D eigenvalue weighted by atomic mass is 9.91.